The van der Waals surface area contributed by atoms with Gasteiger partial charge in [0, 0.05) is 23.2 Å². The van der Waals surface area contributed by atoms with Crippen molar-refractivity contribution in [1.82, 2.24) is 4.98 Å². The minimum atomic E-state index is -0.911. The van der Waals surface area contributed by atoms with E-state index in [1.165, 1.54) is 57.8 Å². The molecule has 0 spiro atoms. The van der Waals surface area contributed by atoms with Crippen molar-refractivity contribution in [3.8, 4) is 17.0 Å². The van der Waals surface area contributed by atoms with E-state index in [9.17, 15) is 4.39 Å². The molecule has 1 fully saturated rings. The van der Waals surface area contributed by atoms with Crippen LogP contribution in [-0.4, -0.2) is 31.0 Å². The molecule has 2 heterocycles. The minimum absolute atomic E-state index is 0.111. The number of aromatic nitrogens is 1. The van der Waals surface area contributed by atoms with Gasteiger partial charge in [-0.15, -0.1) is 0 Å². The van der Waals surface area contributed by atoms with Crippen LogP contribution in [0, 0.1) is 5.92 Å². The van der Waals surface area contributed by atoms with Crippen molar-refractivity contribution in [2.75, 3.05) is 19.8 Å². The second-order valence-corrected chi connectivity index (χ2v) is 10.2. The van der Waals surface area contributed by atoms with E-state index in [1.54, 1.807) is 0 Å². The van der Waals surface area contributed by atoms with Gasteiger partial charge < -0.3 is 14.2 Å². The number of rotatable bonds is 17. The van der Waals surface area contributed by atoms with Gasteiger partial charge in [0.05, 0.1) is 18.9 Å². The highest BCUT2D eigenvalue weighted by atomic mass is 19.1. The maximum Gasteiger partial charge on any atom is 0.185 e. The molecule has 0 bridgehead atoms. The van der Waals surface area contributed by atoms with Crippen LogP contribution in [0.2, 0.25) is 0 Å². The number of hydrogen-bond donors (Lipinski definition) is 0. The first kappa shape index (κ1) is 28.6. The first-order valence-corrected chi connectivity index (χ1v) is 14.3. The van der Waals surface area contributed by atoms with Crippen molar-refractivity contribution >= 4 is 0 Å². The monoisotopic (exact) mass is 499 g/mol. The quantitative estimate of drug-likeness (QED) is 0.204. The molecule has 1 saturated heterocycles. The number of ether oxygens (including phenoxy) is 3. The molecule has 36 heavy (non-hydrogen) atoms. The van der Waals surface area contributed by atoms with Crippen LogP contribution in [0.4, 0.5) is 4.39 Å². The largest absolute Gasteiger partial charge is 0.491 e. The third-order valence-electron chi connectivity index (χ3n) is 6.94. The van der Waals surface area contributed by atoms with Gasteiger partial charge in [0.25, 0.3) is 0 Å². The van der Waals surface area contributed by atoms with Crippen LogP contribution in [0.25, 0.3) is 11.3 Å². The third kappa shape index (κ3) is 10.2. The van der Waals surface area contributed by atoms with Gasteiger partial charge in [-0.1, -0.05) is 84.1 Å². The summed E-state index contributed by atoms with van der Waals surface area (Å²) in [6.45, 7) is 6.03. The molecule has 0 saturated carbocycles. The van der Waals surface area contributed by atoms with Crippen molar-refractivity contribution < 1.29 is 18.6 Å². The van der Waals surface area contributed by atoms with Gasteiger partial charge in [-0.3, -0.25) is 4.98 Å². The number of pyridine rings is 1. The lowest BCUT2D eigenvalue weighted by Gasteiger charge is -2.29. The molecule has 4 nitrogen and oxygen atoms in total. The van der Waals surface area contributed by atoms with Crippen LogP contribution in [-0.2, 0) is 9.47 Å². The molecule has 1 aliphatic rings. The maximum absolute atomic E-state index is 14.0. The summed E-state index contributed by atoms with van der Waals surface area (Å²) >= 11 is 0. The molecule has 200 valence electrons. The Labute approximate surface area is 218 Å². The Bertz CT molecular complexity index is 819. The van der Waals surface area contributed by atoms with Gasteiger partial charge in [0.15, 0.2) is 6.29 Å². The van der Waals surface area contributed by atoms with Crippen molar-refractivity contribution in [3.05, 3.63) is 48.2 Å². The van der Waals surface area contributed by atoms with E-state index < -0.39 is 6.17 Å². The molecule has 0 N–H and O–H groups in total. The SMILES string of the molecule is CCCCCCCC[C@H]1CO[C@H](c2ccc(-c3ccc(OC[C@@H](F)CCCCCC)cc3)nc2)OC1. The summed E-state index contributed by atoms with van der Waals surface area (Å²) in [5.74, 6) is 1.18. The molecule has 1 atom stereocenters. The Kier molecular flexibility index (Phi) is 13.3. The average Bonchev–Trinajstić information content (AvgIpc) is 2.93. The predicted molar refractivity (Wildman–Crippen MR) is 145 cm³/mol. The van der Waals surface area contributed by atoms with Crippen LogP contribution in [0.1, 0.15) is 103 Å². The lowest BCUT2D eigenvalue weighted by Crippen LogP contribution is -2.27. The van der Waals surface area contributed by atoms with Crippen molar-refractivity contribution in [2.45, 2.75) is 103 Å². The van der Waals surface area contributed by atoms with Crippen LogP contribution in [0.5, 0.6) is 5.75 Å². The molecule has 2 aromatic rings. The lowest BCUT2D eigenvalue weighted by molar-refractivity contribution is -0.206. The van der Waals surface area contributed by atoms with Crippen molar-refractivity contribution in [3.63, 3.8) is 0 Å². The Morgan fingerprint density at radius 2 is 1.53 bits per heavy atom. The smallest absolute Gasteiger partial charge is 0.185 e. The van der Waals surface area contributed by atoms with Crippen molar-refractivity contribution in [2.24, 2.45) is 5.92 Å². The zero-order chi connectivity index (χ0) is 25.4. The molecule has 0 aliphatic carbocycles. The summed E-state index contributed by atoms with van der Waals surface area (Å²) < 4.78 is 31.7. The second kappa shape index (κ2) is 16.7. The van der Waals surface area contributed by atoms with E-state index in [-0.39, 0.29) is 12.9 Å². The Morgan fingerprint density at radius 3 is 2.19 bits per heavy atom. The third-order valence-corrected chi connectivity index (χ3v) is 6.94. The molecule has 1 aliphatic heterocycles. The highest BCUT2D eigenvalue weighted by molar-refractivity contribution is 5.60. The number of halogens is 1. The van der Waals surface area contributed by atoms with E-state index in [0.717, 1.165) is 42.9 Å². The van der Waals surface area contributed by atoms with E-state index in [1.807, 2.05) is 42.6 Å². The lowest BCUT2D eigenvalue weighted by atomic mass is 10.0. The summed E-state index contributed by atoms with van der Waals surface area (Å²) in [6, 6.07) is 11.7. The van der Waals surface area contributed by atoms with Gasteiger partial charge in [-0.25, -0.2) is 4.39 Å². The van der Waals surface area contributed by atoms with Crippen molar-refractivity contribution in [1.29, 1.82) is 0 Å². The van der Waals surface area contributed by atoms with Crippen LogP contribution >= 0.6 is 0 Å². The number of unbranched alkanes of at least 4 members (excludes halogenated alkanes) is 8. The highest BCUT2D eigenvalue weighted by Crippen LogP contribution is 2.29. The zero-order valence-corrected chi connectivity index (χ0v) is 22.4. The number of hydrogen-bond acceptors (Lipinski definition) is 4. The van der Waals surface area contributed by atoms with E-state index in [0.29, 0.717) is 18.1 Å². The van der Waals surface area contributed by atoms with Gasteiger partial charge in [-0.05, 0) is 43.2 Å². The Morgan fingerprint density at radius 1 is 0.861 bits per heavy atom. The summed E-state index contributed by atoms with van der Waals surface area (Å²) in [5, 5.41) is 0. The summed E-state index contributed by atoms with van der Waals surface area (Å²) in [4.78, 5) is 4.62. The van der Waals surface area contributed by atoms with Gasteiger partial charge in [-0.2, -0.15) is 0 Å². The molecular weight excluding hydrogens is 453 g/mol. The molecular formula is C31H46FNO3. The maximum atomic E-state index is 14.0. The minimum Gasteiger partial charge on any atom is -0.491 e. The second-order valence-electron chi connectivity index (χ2n) is 10.2. The van der Waals surface area contributed by atoms with E-state index in [4.69, 9.17) is 14.2 Å². The molecule has 1 aromatic carbocycles. The van der Waals surface area contributed by atoms with Crippen LogP contribution < -0.4 is 4.74 Å². The molecule has 5 heteroatoms. The fourth-order valence-corrected chi connectivity index (χ4v) is 4.62. The molecule has 0 radical (unpaired) electrons. The fourth-order valence-electron chi connectivity index (χ4n) is 4.62. The number of nitrogens with zero attached hydrogens (tertiary/aromatic N) is 1. The Hall–Kier alpha value is -1.98. The van der Waals surface area contributed by atoms with E-state index in [2.05, 4.69) is 18.8 Å². The first-order valence-electron chi connectivity index (χ1n) is 14.3. The van der Waals surface area contributed by atoms with Crippen LogP contribution in [0.3, 0.4) is 0 Å². The number of alkyl halides is 1. The topological polar surface area (TPSA) is 40.6 Å². The van der Waals surface area contributed by atoms with Crippen LogP contribution in [0.15, 0.2) is 42.6 Å². The summed E-state index contributed by atoms with van der Waals surface area (Å²) in [7, 11) is 0. The molecule has 3 rings (SSSR count). The summed E-state index contributed by atoms with van der Waals surface area (Å²) in [5.41, 5.74) is 2.82. The van der Waals surface area contributed by atoms with Gasteiger partial charge >= 0.3 is 0 Å². The van der Waals surface area contributed by atoms with Gasteiger partial charge in [0.2, 0.25) is 0 Å². The highest BCUT2D eigenvalue weighted by Gasteiger charge is 2.23. The first-order chi connectivity index (χ1) is 17.7. The molecule has 0 amide bonds. The summed E-state index contributed by atoms with van der Waals surface area (Å²) in [6.07, 6.45) is 14.6. The van der Waals surface area contributed by atoms with Gasteiger partial charge in [0.1, 0.15) is 18.5 Å². The zero-order valence-electron chi connectivity index (χ0n) is 22.4. The Balaban J connectivity index is 1.37. The molecule has 1 aromatic heterocycles. The standard InChI is InChI=1S/C31H46FNO3/c1-3-5-7-9-10-11-13-25-22-35-31(36-23-25)27-17-20-30(33-21-27)26-15-18-29(19-16-26)34-24-28(32)14-12-8-6-4-2/h15-21,25,28,31H,3-14,22-24H2,1-2H3/t25-,28-,31-/m0/s1. The average molecular weight is 500 g/mol. The van der Waals surface area contributed by atoms with E-state index >= 15 is 0 Å². The molecule has 0 unspecified atom stereocenters. The number of benzene rings is 1. The normalized spacial score (nSPS) is 18.8. The fraction of sp³-hybridized carbons (Fsp3) is 0.645. The predicted octanol–water partition coefficient (Wildman–Crippen LogP) is 8.85.